The van der Waals surface area contributed by atoms with Gasteiger partial charge in [-0.05, 0) is 323 Å². The van der Waals surface area contributed by atoms with Crippen LogP contribution in [-0.4, -0.2) is 9.13 Å². The average Bonchev–Trinajstić information content (AvgIpc) is 0.845. The molecule has 0 fully saturated rings. The highest BCUT2D eigenvalue weighted by molar-refractivity contribution is 7.26. The summed E-state index contributed by atoms with van der Waals surface area (Å²) < 4.78 is 10.1. The van der Waals surface area contributed by atoms with Crippen LogP contribution in [0, 0.1) is 0 Å². The summed E-state index contributed by atoms with van der Waals surface area (Å²) in [7, 11) is 0. The Hall–Kier alpha value is -18.8. The predicted molar refractivity (Wildman–Crippen MR) is 637 cm³/mol. The monoisotopic (exact) mass is 1910 g/mol. The molecule has 6 heteroatoms. The Kier molecular flexibility index (Phi) is 20.7. The summed E-state index contributed by atoms with van der Waals surface area (Å²) in [5, 5.41) is 27.7. The van der Waals surface area contributed by atoms with Crippen molar-refractivity contribution in [2.24, 2.45) is 0 Å². The molecule has 0 aliphatic heterocycles. The van der Waals surface area contributed by atoms with Crippen LogP contribution in [0.1, 0.15) is 0 Å². The van der Waals surface area contributed by atoms with E-state index in [0.717, 1.165) is 51.1 Å². The van der Waals surface area contributed by atoms with Gasteiger partial charge in [0.25, 0.3) is 0 Å². The van der Waals surface area contributed by atoms with E-state index in [1.807, 2.05) is 22.7 Å². The smallest absolute Gasteiger partial charge is 0.0541 e. The van der Waals surface area contributed by atoms with Crippen LogP contribution in [0.25, 0.3) is 249 Å². The molecule has 0 saturated heterocycles. The van der Waals surface area contributed by atoms with Crippen LogP contribution in [0.5, 0.6) is 0 Å². The molecule has 0 N–H and O–H groups in total. The van der Waals surface area contributed by atoms with Gasteiger partial charge in [0, 0.05) is 107 Å². The zero-order chi connectivity index (χ0) is 97.4. The highest BCUT2D eigenvalue weighted by Gasteiger charge is 2.25. The molecule has 30 rings (SSSR count). The average molecular weight is 1920 g/mol. The van der Waals surface area contributed by atoms with Crippen molar-refractivity contribution >= 4 is 216 Å². The van der Waals surface area contributed by atoms with Crippen molar-refractivity contribution in [1.82, 2.24) is 9.13 Å². The molecule has 4 aromatic heterocycles. The maximum absolute atomic E-state index is 2.44. The van der Waals surface area contributed by atoms with Crippen molar-refractivity contribution < 1.29 is 0 Å². The third-order valence-electron chi connectivity index (χ3n) is 30.5. The minimum absolute atomic E-state index is 1.10. The van der Waals surface area contributed by atoms with E-state index in [1.54, 1.807) is 0 Å². The van der Waals surface area contributed by atoms with Gasteiger partial charge in [-0.15, -0.1) is 22.7 Å². The molecule has 0 amide bonds. The number of thiophene rings is 2. The van der Waals surface area contributed by atoms with Crippen molar-refractivity contribution in [2.45, 2.75) is 0 Å². The molecular formula is C142H90N4S2. The summed E-state index contributed by atoms with van der Waals surface area (Å²) in [6, 6.07) is 202. The first-order valence-electron chi connectivity index (χ1n) is 50.8. The van der Waals surface area contributed by atoms with Gasteiger partial charge in [-0.1, -0.05) is 376 Å². The summed E-state index contributed by atoms with van der Waals surface area (Å²) in [5.74, 6) is 0. The fourth-order valence-electron chi connectivity index (χ4n) is 23.4. The Balaban J connectivity index is 0.000000140. The fraction of sp³-hybridized carbons (Fsp3) is 0. The molecule has 0 bridgehead atoms. The summed E-state index contributed by atoms with van der Waals surface area (Å²) in [6.45, 7) is 0. The quantitative estimate of drug-likeness (QED) is 0.0951. The van der Waals surface area contributed by atoms with E-state index >= 15 is 0 Å². The van der Waals surface area contributed by atoms with Gasteiger partial charge < -0.3 is 18.9 Å². The van der Waals surface area contributed by atoms with Gasteiger partial charge in [-0.2, -0.15) is 0 Å². The first-order valence-corrected chi connectivity index (χ1v) is 52.4. The topological polar surface area (TPSA) is 16.3 Å². The zero-order valence-electron chi connectivity index (χ0n) is 80.6. The molecule has 4 heterocycles. The maximum atomic E-state index is 2.44. The highest BCUT2D eigenvalue weighted by atomic mass is 32.1. The Labute approximate surface area is 863 Å². The molecular weight excluding hydrogens is 1830 g/mol. The second-order valence-corrected chi connectivity index (χ2v) is 41.0. The molecule has 0 radical (unpaired) electrons. The number of hydrogen-bond acceptors (Lipinski definition) is 4. The number of nitrogens with zero attached hydrogens (tertiary/aromatic N) is 4. The maximum Gasteiger partial charge on any atom is 0.0541 e. The van der Waals surface area contributed by atoms with Crippen LogP contribution >= 0.6 is 22.7 Å². The Morgan fingerprint density at radius 2 is 0.365 bits per heavy atom. The molecule has 30 aromatic rings. The number of anilines is 6. The zero-order valence-corrected chi connectivity index (χ0v) is 82.2. The van der Waals surface area contributed by atoms with Gasteiger partial charge in [0.2, 0.25) is 0 Å². The molecule has 26 aromatic carbocycles. The van der Waals surface area contributed by atoms with Gasteiger partial charge in [-0.25, -0.2) is 0 Å². The van der Waals surface area contributed by atoms with Crippen molar-refractivity contribution in [3.63, 3.8) is 0 Å². The Bertz CT molecular complexity index is 10500. The minimum atomic E-state index is 1.10. The van der Waals surface area contributed by atoms with Crippen LogP contribution in [0.15, 0.2) is 546 Å². The van der Waals surface area contributed by atoms with Crippen LogP contribution in [0.4, 0.5) is 34.1 Å². The van der Waals surface area contributed by atoms with E-state index in [9.17, 15) is 0 Å². The second-order valence-electron chi connectivity index (χ2n) is 38.9. The number of hydrogen-bond donors (Lipinski definition) is 0. The molecule has 4 nitrogen and oxygen atoms in total. The number of rotatable bonds is 15. The largest absolute Gasteiger partial charge is 0.310 e. The molecule has 690 valence electrons. The van der Waals surface area contributed by atoms with Gasteiger partial charge >= 0.3 is 0 Å². The molecule has 0 aliphatic rings. The number of aromatic nitrogens is 2. The van der Waals surface area contributed by atoms with E-state index in [4.69, 9.17) is 0 Å². The van der Waals surface area contributed by atoms with Crippen LogP contribution in [-0.2, 0) is 0 Å². The van der Waals surface area contributed by atoms with E-state index < -0.39 is 0 Å². The van der Waals surface area contributed by atoms with E-state index in [2.05, 4.69) is 565 Å². The SMILES string of the molecule is c1ccc(-c2ccc(-c3ccc4c(c3)c3cc(-c5ccc(N(c6ccc7sc8ccccc8c7c6)c6ccc7c8ccccc8c8ccccc8c7c6)cc5)ccc3n4-c3ccc(-c4ccccc4)cc3)cc2)cc1.c1ccc(-c2ccc(-n3c4ccc(-c5ccc(N(c6ccc7sc8ccccc8c7c6)c6ccc7c8ccccc8c8ccccc8c7c6)cc5)cc4c4cc(-c5cccc6ccccc56)ccc43)cc2)cc1. The molecule has 148 heavy (non-hydrogen) atoms. The third-order valence-corrected chi connectivity index (χ3v) is 32.9. The summed E-state index contributed by atoms with van der Waals surface area (Å²) in [4.78, 5) is 4.88. The molecule has 0 spiro atoms. The lowest BCUT2D eigenvalue weighted by Crippen LogP contribution is -2.10. The Morgan fingerprint density at radius 1 is 0.128 bits per heavy atom. The first kappa shape index (κ1) is 85.9. The van der Waals surface area contributed by atoms with Gasteiger partial charge in [-0.3, -0.25) is 0 Å². The van der Waals surface area contributed by atoms with Crippen molar-refractivity contribution in [2.75, 3.05) is 9.80 Å². The minimum Gasteiger partial charge on any atom is -0.310 e. The van der Waals surface area contributed by atoms with Crippen molar-refractivity contribution in [1.29, 1.82) is 0 Å². The van der Waals surface area contributed by atoms with E-state index in [0.29, 0.717) is 0 Å². The lowest BCUT2D eigenvalue weighted by Gasteiger charge is -2.26. The molecule has 0 aliphatic carbocycles. The second kappa shape index (κ2) is 35.6. The summed E-state index contributed by atoms with van der Waals surface area (Å²) in [5.41, 5.74) is 30.5. The normalized spacial score (nSPS) is 11.8. The highest BCUT2D eigenvalue weighted by Crippen LogP contribution is 2.50. The van der Waals surface area contributed by atoms with E-state index in [-0.39, 0.29) is 0 Å². The van der Waals surface area contributed by atoms with E-state index in [1.165, 1.54) is 232 Å². The molecule has 0 saturated carbocycles. The predicted octanol–water partition coefficient (Wildman–Crippen LogP) is 41.0. The van der Waals surface area contributed by atoms with Crippen LogP contribution < -0.4 is 9.80 Å². The standard InChI is InChI=1S/C72H46N2S.C70H44N2S/c1-3-13-47(14-4-1)49-23-25-51(26-24-49)53-31-40-69-66(43-53)67-44-54(32-41-70(67)74(69)56-35-27-50(28-36-56)48-15-5-2-6-16-48)52-29-33-55(34-30-52)73(58-38-42-72-68(46-58)64-21-11-12-22-71(64)75-72)57-37-39-63-61-19-8-7-17-59(61)60-18-9-10-20-62(60)65(63)45-57;1-2-13-45(14-3-1)46-25-33-52(34-26-46)72-67-38-29-49(41-64(67)65-42-50(30-39-68(65)72)56-23-12-16-48-15-4-5-17-55(48)56)47-27-31-51(32-28-47)71(54-36-40-70-66(44-54)62-22-10-11-24-69(62)73-70)53-35-37-61-59-20-7-6-18-57(59)58-19-8-9-21-60(58)63(61)43-53/h1-46H;1-44H. The molecule has 0 unspecified atom stereocenters. The summed E-state index contributed by atoms with van der Waals surface area (Å²) in [6.07, 6.45) is 0. The third kappa shape index (κ3) is 14.8. The molecule has 0 atom stereocenters. The lowest BCUT2D eigenvalue weighted by molar-refractivity contribution is 1.18. The Morgan fingerprint density at radius 3 is 0.730 bits per heavy atom. The van der Waals surface area contributed by atoms with Gasteiger partial charge in [0.05, 0.1) is 22.1 Å². The fourth-order valence-corrected chi connectivity index (χ4v) is 25.6. The van der Waals surface area contributed by atoms with Gasteiger partial charge in [0.15, 0.2) is 0 Å². The van der Waals surface area contributed by atoms with Crippen molar-refractivity contribution in [3.8, 4) is 89.3 Å². The lowest BCUT2D eigenvalue weighted by atomic mass is 9.94. The first-order chi connectivity index (χ1) is 73.3. The number of fused-ring (bicyclic) bond motifs is 25. The van der Waals surface area contributed by atoms with Crippen molar-refractivity contribution in [3.05, 3.63) is 546 Å². The van der Waals surface area contributed by atoms with Crippen LogP contribution in [0.2, 0.25) is 0 Å². The van der Waals surface area contributed by atoms with Crippen LogP contribution in [0.3, 0.4) is 0 Å². The summed E-state index contributed by atoms with van der Waals surface area (Å²) >= 11 is 3.72. The number of benzene rings is 26. The van der Waals surface area contributed by atoms with Gasteiger partial charge in [0.1, 0.15) is 0 Å².